The van der Waals surface area contributed by atoms with Gasteiger partial charge >= 0.3 is 0 Å². The SMILES string of the molecule is COc1ccc(S(=O)(=O)Nc2ccnn2C2CCCOC2)cn1. The van der Waals surface area contributed by atoms with Crippen molar-refractivity contribution in [2.75, 3.05) is 25.0 Å². The molecule has 1 N–H and O–H groups in total. The zero-order valence-electron chi connectivity index (χ0n) is 12.7. The van der Waals surface area contributed by atoms with Crippen LogP contribution in [0, 0.1) is 0 Å². The minimum absolute atomic E-state index is 0.0328. The van der Waals surface area contributed by atoms with Crippen molar-refractivity contribution in [2.45, 2.75) is 23.8 Å². The number of anilines is 1. The quantitative estimate of drug-likeness (QED) is 0.886. The molecule has 1 unspecified atom stereocenters. The van der Waals surface area contributed by atoms with E-state index in [0.29, 0.717) is 18.3 Å². The van der Waals surface area contributed by atoms with Gasteiger partial charge < -0.3 is 9.47 Å². The molecule has 3 heterocycles. The highest BCUT2D eigenvalue weighted by molar-refractivity contribution is 7.92. The first-order valence-corrected chi connectivity index (χ1v) is 8.72. The lowest BCUT2D eigenvalue weighted by molar-refractivity contribution is 0.0557. The standard InChI is InChI=1S/C14H18N4O4S/c1-21-14-5-4-12(9-15-14)23(19,20)17-13-6-7-16-18(13)11-3-2-8-22-10-11/h4-7,9,11,17H,2-3,8,10H2,1H3. The maximum Gasteiger partial charge on any atom is 0.264 e. The fourth-order valence-electron chi connectivity index (χ4n) is 2.45. The van der Waals surface area contributed by atoms with E-state index >= 15 is 0 Å². The first-order chi connectivity index (χ1) is 11.1. The normalized spacial score (nSPS) is 18.6. The first-order valence-electron chi connectivity index (χ1n) is 7.24. The Morgan fingerprint density at radius 1 is 1.39 bits per heavy atom. The van der Waals surface area contributed by atoms with Crippen LogP contribution >= 0.6 is 0 Å². The number of methoxy groups -OCH3 is 1. The predicted octanol–water partition coefficient (Wildman–Crippen LogP) is 1.44. The summed E-state index contributed by atoms with van der Waals surface area (Å²) in [5.41, 5.74) is 0. The molecule has 1 aliphatic rings. The van der Waals surface area contributed by atoms with Crippen molar-refractivity contribution in [2.24, 2.45) is 0 Å². The van der Waals surface area contributed by atoms with Crippen LogP contribution in [0.25, 0.3) is 0 Å². The van der Waals surface area contributed by atoms with Crippen molar-refractivity contribution in [3.8, 4) is 5.88 Å². The largest absolute Gasteiger partial charge is 0.481 e. The van der Waals surface area contributed by atoms with Gasteiger partial charge in [-0.1, -0.05) is 0 Å². The van der Waals surface area contributed by atoms with E-state index in [1.54, 1.807) is 16.9 Å². The molecule has 0 aliphatic carbocycles. The van der Waals surface area contributed by atoms with Crippen LogP contribution in [0.1, 0.15) is 18.9 Å². The Bertz CT molecular complexity index is 751. The van der Waals surface area contributed by atoms with Crippen molar-refractivity contribution in [3.63, 3.8) is 0 Å². The van der Waals surface area contributed by atoms with Gasteiger partial charge in [0.2, 0.25) is 5.88 Å². The van der Waals surface area contributed by atoms with Crippen LogP contribution in [0.15, 0.2) is 35.5 Å². The van der Waals surface area contributed by atoms with E-state index < -0.39 is 10.0 Å². The Balaban J connectivity index is 1.81. The van der Waals surface area contributed by atoms with Crippen LogP contribution in [0.4, 0.5) is 5.82 Å². The van der Waals surface area contributed by atoms with Crippen LogP contribution < -0.4 is 9.46 Å². The van der Waals surface area contributed by atoms with Gasteiger partial charge in [0.1, 0.15) is 10.7 Å². The molecule has 0 aromatic carbocycles. The number of hydrogen-bond acceptors (Lipinski definition) is 6. The molecule has 8 nitrogen and oxygen atoms in total. The number of nitrogens with one attached hydrogen (secondary N) is 1. The summed E-state index contributed by atoms with van der Waals surface area (Å²) in [5, 5.41) is 4.22. The summed E-state index contributed by atoms with van der Waals surface area (Å²) in [6, 6.07) is 4.60. The van der Waals surface area contributed by atoms with Gasteiger partial charge in [-0.2, -0.15) is 5.10 Å². The van der Waals surface area contributed by atoms with E-state index in [2.05, 4.69) is 14.8 Å². The fourth-order valence-corrected chi connectivity index (χ4v) is 3.44. The van der Waals surface area contributed by atoms with Crippen LogP contribution in [0.5, 0.6) is 5.88 Å². The summed E-state index contributed by atoms with van der Waals surface area (Å²) in [6.45, 7) is 1.26. The number of aromatic nitrogens is 3. The van der Waals surface area contributed by atoms with Crippen LogP contribution in [-0.2, 0) is 14.8 Å². The second-order valence-electron chi connectivity index (χ2n) is 5.17. The molecule has 0 saturated carbocycles. The van der Waals surface area contributed by atoms with Crippen LogP contribution in [0.2, 0.25) is 0 Å². The third kappa shape index (κ3) is 3.45. The Hall–Kier alpha value is -2.13. The summed E-state index contributed by atoms with van der Waals surface area (Å²) < 4.78 is 39.5. The van der Waals surface area contributed by atoms with E-state index in [0.717, 1.165) is 19.4 Å². The molecule has 9 heteroatoms. The Morgan fingerprint density at radius 3 is 2.91 bits per heavy atom. The van der Waals surface area contributed by atoms with Gasteiger partial charge in [-0.15, -0.1) is 0 Å². The molecule has 3 rings (SSSR count). The van der Waals surface area contributed by atoms with E-state index in [1.807, 2.05) is 0 Å². The second kappa shape index (κ2) is 6.55. The minimum atomic E-state index is -3.74. The van der Waals surface area contributed by atoms with Gasteiger partial charge in [-0.3, -0.25) is 4.72 Å². The van der Waals surface area contributed by atoms with E-state index in [1.165, 1.54) is 25.4 Å². The molecule has 1 atom stereocenters. The van der Waals surface area contributed by atoms with Gasteiger partial charge in [0, 0.05) is 18.7 Å². The molecule has 0 bridgehead atoms. The Labute approximate surface area is 134 Å². The molecule has 1 saturated heterocycles. The maximum absolute atomic E-state index is 12.5. The third-order valence-corrected chi connectivity index (χ3v) is 4.96. The summed E-state index contributed by atoms with van der Waals surface area (Å²) >= 11 is 0. The summed E-state index contributed by atoms with van der Waals surface area (Å²) in [4.78, 5) is 3.98. The van der Waals surface area contributed by atoms with E-state index in [-0.39, 0.29) is 10.9 Å². The molecule has 0 spiro atoms. The molecule has 23 heavy (non-hydrogen) atoms. The van der Waals surface area contributed by atoms with Gasteiger partial charge in [0.15, 0.2) is 0 Å². The molecule has 0 radical (unpaired) electrons. The first kappa shape index (κ1) is 15.8. The zero-order chi connectivity index (χ0) is 16.3. The predicted molar refractivity (Wildman–Crippen MR) is 82.9 cm³/mol. The van der Waals surface area contributed by atoms with Crippen molar-refractivity contribution >= 4 is 15.8 Å². The van der Waals surface area contributed by atoms with Gasteiger partial charge in [0.25, 0.3) is 10.0 Å². The number of hydrogen-bond donors (Lipinski definition) is 1. The average Bonchev–Trinajstić information content (AvgIpc) is 3.03. The smallest absolute Gasteiger partial charge is 0.264 e. The Morgan fingerprint density at radius 2 is 2.26 bits per heavy atom. The molecule has 2 aromatic heterocycles. The number of nitrogens with zero attached hydrogens (tertiary/aromatic N) is 3. The highest BCUT2D eigenvalue weighted by atomic mass is 32.2. The third-order valence-electron chi connectivity index (χ3n) is 3.62. The maximum atomic E-state index is 12.5. The number of pyridine rings is 1. The monoisotopic (exact) mass is 338 g/mol. The van der Waals surface area contributed by atoms with Gasteiger partial charge in [-0.05, 0) is 18.9 Å². The van der Waals surface area contributed by atoms with Crippen molar-refractivity contribution in [1.82, 2.24) is 14.8 Å². The molecule has 1 fully saturated rings. The fraction of sp³-hybridized carbons (Fsp3) is 0.429. The van der Waals surface area contributed by atoms with Crippen LogP contribution in [0.3, 0.4) is 0 Å². The molecule has 0 amide bonds. The molecular weight excluding hydrogens is 320 g/mol. The minimum Gasteiger partial charge on any atom is -0.481 e. The summed E-state index contributed by atoms with van der Waals surface area (Å²) in [7, 11) is -2.27. The Kier molecular flexibility index (Phi) is 4.49. The molecule has 2 aromatic rings. The average molecular weight is 338 g/mol. The van der Waals surface area contributed by atoms with Crippen molar-refractivity contribution in [3.05, 3.63) is 30.6 Å². The molecular formula is C14H18N4O4S. The van der Waals surface area contributed by atoms with E-state index in [9.17, 15) is 8.42 Å². The van der Waals surface area contributed by atoms with Gasteiger partial charge in [-0.25, -0.2) is 18.1 Å². The molecule has 1 aliphatic heterocycles. The number of rotatable bonds is 5. The van der Waals surface area contributed by atoms with Gasteiger partial charge in [0.05, 0.1) is 32.2 Å². The topological polar surface area (TPSA) is 95.3 Å². The second-order valence-corrected chi connectivity index (χ2v) is 6.86. The van der Waals surface area contributed by atoms with Crippen LogP contribution in [-0.4, -0.2) is 43.5 Å². The highest BCUT2D eigenvalue weighted by Crippen LogP contribution is 2.24. The lowest BCUT2D eigenvalue weighted by Crippen LogP contribution is -2.25. The number of ether oxygens (including phenoxy) is 2. The van der Waals surface area contributed by atoms with Crippen molar-refractivity contribution < 1.29 is 17.9 Å². The lowest BCUT2D eigenvalue weighted by atomic mass is 10.1. The number of sulfonamides is 1. The highest BCUT2D eigenvalue weighted by Gasteiger charge is 2.22. The van der Waals surface area contributed by atoms with E-state index in [4.69, 9.17) is 9.47 Å². The molecule has 124 valence electrons. The summed E-state index contributed by atoms with van der Waals surface area (Å²) in [6.07, 6.45) is 4.66. The zero-order valence-corrected chi connectivity index (χ0v) is 13.5. The van der Waals surface area contributed by atoms with Crippen molar-refractivity contribution in [1.29, 1.82) is 0 Å². The summed E-state index contributed by atoms with van der Waals surface area (Å²) in [5.74, 6) is 0.768. The lowest BCUT2D eigenvalue weighted by Gasteiger charge is -2.24.